The number of carbonyl (C=O) groups is 1. The van der Waals surface area contributed by atoms with E-state index in [4.69, 9.17) is 0 Å². The van der Waals surface area contributed by atoms with Crippen molar-refractivity contribution in [2.45, 2.75) is 6.18 Å². The van der Waals surface area contributed by atoms with Crippen LogP contribution in [0, 0.1) is 0 Å². The smallest absolute Gasteiger partial charge is 0.321 e. The number of alkyl halides is 3. The third-order valence-electron chi connectivity index (χ3n) is 3.19. The summed E-state index contributed by atoms with van der Waals surface area (Å²) in [6, 6.07) is 12.0. The number of fused-ring (bicyclic) bond motifs is 1. The summed E-state index contributed by atoms with van der Waals surface area (Å²) in [7, 11) is 0. The van der Waals surface area contributed by atoms with Crippen molar-refractivity contribution in [3.8, 4) is 0 Å². The van der Waals surface area contributed by atoms with Gasteiger partial charge < -0.3 is 5.32 Å². The zero-order valence-electron chi connectivity index (χ0n) is 11.4. The zero-order valence-corrected chi connectivity index (χ0v) is 13.8. The quantitative estimate of drug-likeness (QED) is 0.567. The van der Waals surface area contributed by atoms with Gasteiger partial charge in [0.1, 0.15) is 4.88 Å². The van der Waals surface area contributed by atoms with Crippen molar-refractivity contribution in [1.29, 1.82) is 0 Å². The first-order valence-electron chi connectivity index (χ1n) is 6.52. The average molecular weight is 400 g/mol. The van der Waals surface area contributed by atoms with Crippen LogP contribution in [-0.4, -0.2) is 5.91 Å². The Morgan fingerprint density at radius 1 is 1.09 bits per heavy atom. The number of benzene rings is 2. The van der Waals surface area contributed by atoms with Crippen LogP contribution in [0.15, 0.2) is 53.0 Å². The predicted molar refractivity (Wildman–Crippen MR) is 88.9 cm³/mol. The molecule has 2 aromatic carbocycles. The zero-order chi connectivity index (χ0) is 16.6. The Labute approximate surface area is 142 Å². The monoisotopic (exact) mass is 399 g/mol. The van der Waals surface area contributed by atoms with Crippen LogP contribution in [-0.2, 0) is 6.18 Å². The van der Waals surface area contributed by atoms with E-state index in [2.05, 4.69) is 21.2 Å². The minimum Gasteiger partial charge on any atom is -0.321 e. The molecule has 0 spiro atoms. The Morgan fingerprint density at radius 3 is 2.52 bits per heavy atom. The SMILES string of the molecule is O=C(Nc1cccc(C(F)(F)F)c1)c1sc2ccccc2c1Br. The second-order valence-corrected chi connectivity index (χ2v) is 6.62. The maximum absolute atomic E-state index is 12.7. The molecular formula is C16H9BrF3NOS. The van der Waals surface area contributed by atoms with E-state index in [0.29, 0.717) is 9.35 Å². The highest BCUT2D eigenvalue weighted by molar-refractivity contribution is 9.10. The topological polar surface area (TPSA) is 29.1 Å². The van der Waals surface area contributed by atoms with Crippen molar-refractivity contribution in [3.63, 3.8) is 0 Å². The number of carbonyl (C=O) groups excluding carboxylic acids is 1. The Bertz CT molecular complexity index is 888. The van der Waals surface area contributed by atoms with Crippen LogP contribution in [0.5, 0.6) is 0 Å². The lowest BCUT2D eigenvalue weighted by Crippen LogP contribution is -2.12. The van der Waals surface area contributed by atoms with Crippen molar-refractivity contribution in [1.82, 2.24) is 0 Å². The Hall–Kier alpha value is -1.86. The van der Waals surface area contributed by atoms with Crippen molar-refractivity contribution in [2.24, 2.45) is 0 Å². The molecule has 118 valence electrons. The van der Waals surface area contributed by atoms with Crippen molar-refractivity contribution in [3.05, 3.63) is 63.4 Å². The molecule has 7 heteroatoms. The molecule has 2 nitrogen and oxygen atoms in total. The van der Waals surface area contributed by atoms with Crippen molar-refractivity contribution in [2.75, 3.05) is 5.32 Å². The molecule has 0 bridgehead atoms. The van der Waals surface area contributed by atoms with Gasteiger partial charge in [0, 0.05) is 20.2 Å². The summed E-state index contributed by atoms with van der Waals surface area (Å²) in [5.74, 6) is -0.447. The molecule has 0 aliphatic carbocycles. The standard InChI is InChI=1S/C16H9BrF3NOS/c17-13-11-6-1-2-7-12(11)23-14(13)15(22)21-10-5-3-4-9(8-10)16(18,19)20/h1-8H,(H,21,22). The lowest BCUT2D eigenvalue weighted by molar-refractivity contribution is -0.137. The Balaban J connectivity index is 1.91. The molecule has 0 saturated heterocycles. The highest BCUT2D eigenvalue weighted by Crippen LogP contribution is 2.36. The molecule has 23 heavy (non-hydrogen) atoms. The van der Waals surface area contributed by atoms with Crippen LogP contribution in [0.25, 0.3) is 10.1 Å². The summed E-state index contributed by atoms with van der Waals surface area (Å²) in [6.07, 6.45) is -4.45. The summed E-state index contributed by atoms with van der Waals surface area (Å²) in [5, 5.41) is 3.41. The molecule has 0 unspecified atom stereocenters. The van der Waals surface area contributed by atoms with Gasteiger partial charge in [0.25, 0.3) is 5.91 Å². The van der Waals surface area contributed by atoms with E-state index in [1.165, 1.54) is 23.5 Å². The van der Waals surface area contributed by atoms with Gasteiger partial charge in [-0.3, -0.25) is 4.79 Å². The molecule has 0 saturated carbocycles. The normalized spacial score (nSPS) is 11.7. The molecule has 0 aliphatic heterocycles. The van der Waals surface area contributed by atoms with Crippen LogP contribution in [0.3, 0.4) is 0 Å². The highest BCUT2D eigenvalue weighted by atomic mass is 79.9. The molecule has 0 radical (unpaired) electrons. The van der Waals surface area contributed by atoms with Crippen LogP contribution in [0.1, 0.15) is 15.2 Å². The Morgan fingerprint density at radius 2 is 1.83 bits per heavy atom. The fraction of sp³-hybridized carbons (Fsp3) is 0.0625. The van der Waals surface area contributed by atoms with Crippen molar-refractivity contribution >= 4 is 48.9 Å². The van der Waals surface area contributed by atoms with Gasteiger partial charge in [0.2, 0.25) is 0 Å². The molecular weight excluding hydrogens is 391 g/mol. The molecule has 3 aromatic rings. The summed E-state index contributed by atoms with van der Waals surface area (Å²) < 4.78 is 39.7. The van der Waals surface area contributed by atoms with Gasteiger partial charge >= 0.3 is 6.18 Å². The average Bonchev–Trinajstić information content (AvgIpc) is 2.84. The first kappa shape index (κ1) is 16.0. The lowest BCUT2D eigenvalue weighted by Gasteiger charge is -2.09. The maximum Gasteiger partial charge on any atom is 0.416 e. The first-order chi connectivity index (χ1) is 10.9. The third-order valence-corrected chi connectivity index (χ3v) is 5.44. The largest absolute Gasteiger partial charge is 0.416 e. The van der Waals surface area contributed by atoms with Gasteiger partial charge in [-0.1, -0.05) is 24.3 Å². The minimum absolute atomic E-state index is 0.106. The predicted octanol–water partition coefficient (Wildman–Crippen LogP) is 5.93. The fourth-order valence-electron chi connectivity index (χ4n) is 2.12. The van der Waals surface area contributed by atoms with Gasteiger partial charge in [0.05, 0.1) is 5.56 Å². The molecule has 1 aromatic heterocycles. The first-order valence-corrected chi connectivity index (χ1v) is 8.13. The van der Waals surface area contributed by atoms with Gasteiger partial charge in [-0.15, -0.1) is 11.3 Å². The summed E-state index contributed by atoms with van der Waals surface area (Å²) in [6.45, 7) is 0. The molecule has 1 N–H and O–H groups in total. The molecule has 0 aliphatic rings. The highest BCUT2D eigenvalue weighted by Gasteiger charge is 2.30. The van der Waals surface area contributed by atoms with Gasteiger partial charge in [-0.05, 0) is 40.2 Å². The maximum atomic E-state index is 12.7. The number of halogens is 4. The van der Waals surface area contributed by atoms with E-state index in [1.54, 1.807) is 0 Å². The summed E-state index contributed by atoms with van der Waals surface area (Å²) in [5.41, 5.74) is -0.695. The number of amides is 1. The van der Waals surface area contributed by atoms with Gasteiger partial charge in [-0.2, -0.15) is 13.2 Å². The molecule has 3 rings (SSSR count). The number of hydrogen-bond acceptors (Lipinski definition) is 2. The lowest BCUT2D eigenvalue weighted by atomic mass is 10.2. The summed E-state index contributed by atoms with van der Waals surface area (Å²) in [4.78, 5) is 12.8. The second kappa shape index (κ2) is 5.98. The fourth-order valence-corrected chi connectivity index (χ4v) is 4.01. The van der Waals surface area contributed by atoms with E-state index in [0.717, 1.165) is 22.2 Å². The number of anilines is 1. The van der Waals surface area contributed by atoms with E-state index in [-0.39, 0.29) is 5.69 Å². The van der Waals surface area contributed by atoms with E-state index in [1.807, 2.05) is 24.3 Å². The van der Waals surface area contributed by atoms with Crippen LogP contribution in [0.2, 0.25) is 0 Å². The van der Waals surface area contributed by atoms with E-state index >= 15 is 0 Å². The molecule has 1 heterocycles. The number of thiophene rings is 1. The number of rotatable bonds is 2. The van der Waals surface area contributed by atoms with E-state index in [9.17, 15) is 18.0 Å². The van der Waals surface area contributed by atoms with Crippen LogP contribution >= 0.6 is 27.3 Å². The van der Waals surface area contributed by atoms with E-state index < -0.39 is 17.6 Å². The number of hydrogen-bond donors (Lipinski definition) is 1. The van der Waals surface area contributed by atoms with Crippen molar-refractivity contribution < 1.29 is 18.0 Å². The minimum atomic E-state index is -4.45. The Kier molecular flexibility index (Phi) is 4.16. The van der Waals surface area contributed by atoms with Gasteiger partial charge in [0.15, 0.2) is 0 Å². The van der Waals surface area contributed by atoms with Gasteiger partial charge in [-0.25, -0.2) is 0 Å². The number of nitrogens with one attached hydrogen (secondary N) is 1. The second-order valence-electron chi connectivity index (χ2n) is 4.77. The third kappa shape index (κ3) is 3.25. The summed E-state index contributed by atoms with van der Waals surface area (Å²) >= 11 is 4.66. The van der Waals surface area contributed by atoms with Crippen LogP contribution < -0.4 is 5.32 Å². The molecule has 0 fully saturated rings. The van der Waals surface area contributed by atoms with Crippen LogP contribution in [0.4, 0.5) is 18.9 Å². The molecule has 0 atom stereocenters. The molecule has 1 amide bonds.